The third kappa shape index (κ3) is 3.95. The van der Waals surface area contributed by atoms with Gasteiger partial charge in [-0.2, -0.15) is 0 Å². The Labute approximate surface area is 87.7 Å². The Morgan fingerprint density at radius 2 is 1.64 bits per heavy atom. The SMILES string of the molecule is O=C(O)C(O)CC(=O)C(O)C(=O)CBr. The second-order valence-corrected chi connectivity index (χ2v) is 3.09. The van der Waals surface area contributed by atoms with E-state index in [9.17, 15) is 14.4 Å². The van der Waals surface area contributed by atoms with Crippen molar-refractivity contribution in [3.05, 3.63) is 0 Å². The third-order valence-corrected chi connectivity index (χ3v) is 1.97. The molecule has 0 rings (SSSR count). The molecule has 0 amide bonds. The Hall–Kier alpha value is -0.790. The fourth-order valence-electron chi connectivity index (χ4n) is 0.642. The van der Waals surface area contributed by atoms with Crippen molar-refractivity contribution in [2.24, 2.45) is 0 Å². The smallest absolute Gasteiger partial charge is 0.332 e. The van der Waals surface area contributed by atoms with Crippen LogP contribution in [0.3, 0.4) is 0 Å². The van der Waals surface area contributed by atoms with E-state index in [1.54, 1.807) is 0 Å². The molecule has 0 aromatic carbocycles. The van der Waals surface area contributed by atoms with E-state index < -0.39 is 36.2 Å². The van der Waals surface area contributed by atoms with Crippen molar-refractivity contribution in [2.45, 2.75) is 18.6 Å². The number of carbonyl (C=O) groups excluding carboxylic acids is 2. The van der Waals surface area contributed by atoms with E-state index in [0.29, 0.717) is 0 Å². The van der Waals surface area contributed by atoms with Crippen LogP contribution < -0.4 is 0 Å². The number of hydrogen-bond acceptors (Lipinski definition) is 5. The molecule has 2 unspecified atom stereocenters. The van der Waals surface area contributed by atoms with Gasteiger partial charge in [0.15, 0.2) is 23.8 Å². The van der Waals surface area contributed by atoms with Gasteiger partial charge >= 0.3 is 5.97 Å². The van der Waals surface area contributed by atoms with Gasteiger partial charge in [-0.05, 0) is 0 Å². The number of aliphatic hydroxyl groups is 2. The van der Waals surface area contributed by atoms with Crippen LogP contribution >= 0.6 is 15.9 Å². The highest BCUT2D eigenvalue weighted by Crippen LogP contribution is 2.00. The first kappa shape index (κ1) is 13.2. The maximum atomic E-state index is 10.9. The summed E-state index contributed by atoms with van der Waals surface area (Å²) in [4.78, 5) is 31.8. The van der Waals surface area contributed by atoms with Crippen LogP contribution in [0, 0.1) is 0 Å². The molecule has 7 heteroatoms. The summed E-state index contributed by atoms with van der Waals surface area (Å²) in [6, 6.07) is 0. The highest BCUT2D eigenvalue weighted by molar-refractivity contribution is 9.09. The second kappa shape index (κ2) is 5.84. The molecule has 2 atom stereocenters. The van der Waals surface area contributed by atoms with Gasteiger partial charge in [-0.25, -0.2) is 4.79 Å². The normalized spacial score (nSPS) is 14.5. The van der Waals surface area contributed by atoms with Gasteiger partial charge in [-0.15, -0.1) is 0 Å². The van der Waals surface area contributed by atoms with E-state index in [-0.39, 0.29) is 5.33 Å². The number of aliphatic hydroxyl groups excluding tert-OH is 2. The van der Waals surface area contributed by atoms with E-state index in [4.69, 9.17) is 15.3 Å². The lowest BCUT2D eigenvalue weighted by atomic mass is 10.1. The van der Waals surface area contributed by atoms with E-state index in [0.717, 1.165) is 0 Å². The molecule has 0 saturated carbocycles. The molecule has 0 saturated heterocycles. The predicted octanol–water partition coefficient (Wildman–Crippen LogP) is -1.28. The second-order valence-electron chi connectivity index (χ2n) is 2.53. The molecule has 0 aromatic heterocycles. The summed E-state index contributed by atoms with van der Waals surface area (Å²) in [5.41, 5.74) is 0. The number of aliphatic carboxylic acids is 1. The van der Waals surface area contributed by atoms with Gasteiger partial charge in [0.1, 0.15) is 0 Å². The first-order chi connectivity index (χ1) is 6.40. The summed E-state index contributed by atoms with van der Waals surface area (Å²) in [6.45, 7) is 0. The van der Waals surface area contributed by atoms with Crippen LogP contribution in [0.15, 0.2) is 0 Å². The molecular formula is C7H9BrO6. The molecule has 0 aromatic rings. The summed E-state index contributed by atoms with van der Waals surface area (Å²) < 4.78 is 0. The van der Waals surface area contributed by atoms with Crippen molar-refractivity contribution in [2.75, 3.05) is 5.33 Å². The van der Waals surface area contributed by atoms with E-state index in [1.165, 1.54) is 0 Å². The molecule has 0 spiro atoms. The van der Waals surface area contributed by atoms with Crippen LogP contribution in [-0.2, 0) is 14.4 Å². The number of ketones is 2. The number of hydrogen-bond donors (Lipinski definition) is 3. The van der Waals surface area contributed by atoms with Crippen molar-refractivity contribution in [3.63, 3.8) is 0 Å². The van der Waals surface area contributed by atoms with Crippen molar-refractivity contribution in [3.8, 4) is 0 Å². The molecule has 0 aliphatic carbocycles. The van der Waals surface area contributed by atoms with Crippen LogP contribution in [0.1, 0.15) is 6.42 Å². The van der Waals surface area contributed by atoms with E-state index in [2.05, 4.69) is 15.9 Å². The van der Waals surface area contributed by atoms with Gasteiger partial charge in [-0.3, -0.25) is 9.59 Å². The number of carboxylic acid groups (broad SMARTS) is 1. The van der Waals surface area contributed by atoms with Gasteiger partial charge in [0.2, 0.25) is 0 Å². The van der Waals surface area contributed by atoms with Crippen LogP contribution in [0.4, 0.5) is 0 Å². The number of rotatable bonds is 6. The van der Waals surface area contributed by atoms with E-state index in [1.807, 2.05) is 0 Å². The Kier molecular flexibility index (Phi) is 5.51. The highest BCUT2D eigenvalue weighted by atomic mass is 79.9. The zero-order valence-electron chi connectivity index (χ0n) is 7.01. The summed E-state index contributed by atoms with van der Waals surface area (Å²) in [7, 11) is 0. The zero-order valence-corrected chi connectivity index (χ0v) is 8.60. The molecule has 0 radical (unpaired) electrons. The lowest BCUT2D eigenvalue weighted by Crippen LogP contribution is -2.35. The maximum Gasteiger partial charge on any atom is 0.332 e. The Morgan fingerprint density at radius 3 is 2.00 bits per heavy atom. The van der Waals surface area contributed by atoms with Gasteiger partial charge in [0, 0.05) is 6.42 Å². The Balaban J connectivity index is 4.21. The minimum Gasteiger partial charge on any atom is -0.479 e. The average Bonchev–Trinajstić information content (AvgIpc) is 2.14. The van der Waals surface area contributed by atoms with Gasteiger partial charge in [-0.1, -0.05) is 15.9 Å². The largest absolute Gasteiger partial charge is 0.479 e. The van der Waals surface area contributed by atoms with Crippen LogP contribution in [0.5, 0.6) is 0 Å². The minimum absolute atomic E-state index is 0.205. The summed E-state index contributed by atoms with van der Waals surface area (Å²) in [5, 5.41) is 25.8. The quantitative estimate of drug-likeness (QED) is 0.409. The first-order valence-corrected chi connectivity index (χ1v) is 4.72. The maximum absolute atomic E-state index is 10.9. The molecule has 14 heavy (non-hydrogen) atoms. The first-order valence-electron chi connectivity index (χ1n) is 3.60. The van der Waals surface area contributed by atoms with Crippen LogP contribution in [0.25, 0.3) is 0 Å². The molecule has 0 fully saturated rings. The fraction of sp³-hybridized carbons (Fsp3) is 0.571. The molecule has 6 nitrogen and oxygen atoms in total. The topological polar surface area (TPSA) is 112 Å². The summed E-state index contributed by atoms with van der Waals surface area (Å²) in [5.74, 6) is -3.35. The molecular weight excluding hydrogens is 260 g/mol. The lowest BCUT2D eigenvalue weighted by molar-refractivity contribution is -0.151. The molecule has 0 bridgehead atoms. The number of halogens is 1. The van der Waals surface area contributed by atoms with Crippen molar-refractivity contribution < 1.29 is 29.7 Å². The molecule has 80 valence electrons. The fourth-order valence-corrected chi connectivity index (χ4v) is 0.949. The number of carboxylic acids is 1. The molecule has 0 aliphatic heterocycles. The molecule has 3 N–H and O–H groups in total. The lowest BCUT2D eigenvalue weighted by Gasteiger charge is -2.08. The van der Waals surface area contributed by atoms with E-state index >= 15 is 0 Å². The van der Waals surface area contributed by atoms with Gasteiger partial charge in [0.05, 0.1) is 5.33 Å². The highest BCUT2D eigenvalue weighted by Gasteiger charge is 2.27. The van der Waals surface area contributed by atoms with Crippen molar-refractivity contribution >= 4 is 33.5 Å². The summed E-state index contributed by atoms with van der Waals surface area (Å²) >= 11 is 2.74. The third-order valence-electron chi connectivity index (χ3n) is 1.42. The molecule has 0 heterocycles. The molecule has 0 aliphatic rings. The number of carbonyl (C=O) groups is 3. The Bertz CT molecular complexity index is 251. The predicted molar refractivity (Wildman–Crippen MR) is 48.1 cm³/mol. The van der Waals surface area contributed by atoms with Crippen LogP contribution in [0.2, 0.25) is 0 Å². The van der Waals surface area contributed by atoms with Crippen molar-refractivity contribution in [1.82, 2.24) is 0 Å². The van der Waals surface area contributed by atoms with Gasteiger partial charge < -0.3 is 15.3 Å². The monoisotopic (exact) mass is 268 g/mol. The number of Topliss-reactive ketones (excluding diaryl/α,β-unsaturated/α-hetero) is 2. The number of alkyl halides is 1. The van der Waals surface area contributed by atoms with Crippen molar-refractivity contribution in [1.29, 1.82) is 0 Å². The summed E-state index contributed by atoms with van der Waals surface area (Å²) in [6.07, 6.45) is -4.54. The minimum atomic E-state index is -1.89. The van der Waals surface area contributed by atoms with Crippen LogP contribution in [-0.4, -0.2) is 50.4 Å². The van der Waals surface area contributed by atoms with Gasteiger partial charge in [0.25, 0.3) is 0 Å². The standard InChI is InChI=1S/C7H9BrO6/c8-2-5(11)6(12)3(9)1-4(10)7(13)14/h4,6,10,12H,1-2H2,(H,13,14). The Morgan fingerprint density at radius 1 is 1.14 bits per heavy atom. The zero-order chi connectivity index (χ0) is 11.3. The average molecular weight is 269 g/mol.